The van der Waals surface area contributed by atoms with Crippen LogP contribution >= 0.6 is 23.8 Å². The van der Waals surface area contributed by atoms with Crippen LogP contribution in [0.1, 0.15) is 11.5 Å². The van der Waals surface area contributed by atoms with E-state index in [9.17, 15) is 0 Å². The first-order chi connectivity index (χ1) is 8.65. The van der Waals surface area contributed by atoms with Gasteiger partial charge in [-0.25, -0.2) is 4.98 Å². The molecule has 2 aromatic heterocycles. The van der Waals surface area contributed by atoms with Crippen LogP contribution in [0.4, 0.5) is 5.69 Å². The summed E-state index contributed by atoms with van der Waals surface area (Å²) in [6.45, 7) is 2.42. The van der Waals surface area contributed by atoms with Crippen molar-refractivity contribution in [2.75, 3.05) is 5.32 Å². The Morgan fingerprint density at radius 3 is 2.94 bits per heavy atom. The van der Waals surface area contributed by atoms with E-state index in [-0.39, 0.29) is 0 Å². The molecule has 6 heteroatoms. The molecule has 2 heterocycles. The van der Waals surface area contributed by atoms with Gasteiger partial charge in [0.05, 0.1) is 12.2 Å². The van der Waals surface area contributed by atoms with Crippen molar-refractivity contribution < 1.29 is 4.42 Å². The molecule has 0 radical (unpaired) electrons. The zero-order chi connectivity index (χ0) is 13.0. The quantitative estimate of drug-likeness (QED) is 0.669. The molecule has 2 N–H and O–H groups in total. The van der Waals surface area contributed by atoms with Crippen LogP contribution in [-0.2, 0) is 6.54 Å². The Morgan fingerprint density at radius 2 is 2.28 bits per heavy atom. The van der Waals surface area contributed by atoms with Gasteiger partial charge < -0.3 is 15.1 Å². The summed E-state index contributed by atoms with van der Waals surface area (Å²) in [4.78, 5) is 3.95. The molecule has 0 aliphatic carbocycles. The van der Waals surface area contributed by atoms with Crippen LogP contribution in [-0.4, -0.2) is 10.1 Å². The molecule has 0 fully saturated rings. The van der Waals surface area contributed by atoms with E-state index in [2.05, 4.69) is 15.6 Å². The average Bonchev–Trinajstić information content (AvgIpc) is 2.76. The molecule has 0 saturated carbocycles. The monoisotopic (exact) mass is 281 g/mol. The number of aromatic nitrogens is 1. The molecule has 0 aliphatic heterocycles. The summed E-state index contributed by atoms with van der Waals surface area (Å²) >= 11 is 11.1. The standard InChI is InChI=1S/C12H12ClN3OS/c1-8-4-5-9(17-8)7-15-12(18)16-10-3-2-6-14-11(10)13/h2-6H,7H2,1H3,(H2,15,16,18). The van der Waals surface area contributed by atoms with E-state index >= 15 is 0 Å². The SMILES string of the molecule is Cc1ccc(CNC(=S)Nc2cccnc2Cl)o1. The van der Waals surface area contributed by atoms with E-state index in [4.69, 9.17) is 28.2 Å². The van der Waals surface area contributed by atoms with Gasteiger partial charge >= 0.3 is 0 Å². The third kappa shape index (κ3) is 3.45. The molecule has 0 spiro atoms. The fourth-order valence-electron chi connectivity index (χ4n) is 1.39. The molecule has 2 aromatic rings. The van der Waals surface area contributed by atoms with E-state index in [0.29, 0.717) is 22.5 Å². The van der Waals surface area contributed by atoms with Crippen LogP contribution in [0.15, 0.2) is 34.9 Å². The minimum Gasteiger partial charge on any atom is -0.465 e. The summed E-state index contributed by atoms with van der Waals surface area (Å²) in [5, 5.41) is 6.86. The van der Waals surface area contributed by atoms with E-state index in [1.54, 1.807) is 18.3 Å². The predicted molar refractivity (Wildman–Crippen MR) is 75.8 cm³/mol. The molecule has 0 unspecified atom stereocenters. The number of rotatable bonds is 3. The molecule has 94 valence electrons. The zero-order valence-electron chi connectivity index (χ0n) is 9.74. The summed E-state index contributed by atoms with van der Waals surface area (Å²) in [6.07, 6.45) is 1.62. The molecule has 2 rings (SSSR count). The highest BCUT2D eigenvalue weighted by molar-refractivity contribution is 7.80. The van der Waals surface area contributed by atoms with Crippen LogP contribution in [0, 0.1) is 6.92 Å². The van der Waals surface area contributed by atoms with Crippen LogP contribution in [0.25, 0.3) is 0 Å². The zero-order valence-corrected chi connectivity index (χ0v) is 11.3. The number of furan rings is 1. The summed E-state index contributed by atoms with van der Waals surface area (Å²) in [5.41, 5.74) is 0.673. The first kappa shape index (κ1) is 12.9. The van der Waals surface area contributed by atoms with Gasteiger partial charge in [0.2, 0.25) is 0 Å². The van der Waals surface area contributed by atoms with Crippen molar-refractivity contribution in [3.63, 3.8) is 0 Å². The highest BCUT2D eigenvalue weighted by Crippen LogP contribution is 2.17. The van der Waals surface area contributed by atoms with Gasteiger partial charge in [-0.2, -0.15) is 0 Å². The summed E-state index contributed by atoms with van der Waals surface area (Å²) < 4.78 is 5.42. The Kier molecular flexibility index (Phi) is 4.17. The number of aryl methyl sites for hydroxylation is 1. The molecule has 18 heavy (non-hydrogen) atoms. The minimum absolute atomic E-state index is 0.385. The molecule has 0 bridgehead atoms. The van der Waals surface area contributed by atoms with Gasteiger partial charge in [-0.05, 0) is 43.4 Å². The average molecular weight is 282 g/mol. The molecule has 0 amide bonds. The number of anilines is 1. The fraction of sp³-hybridized carbons (Fsp3) is 0.167. The maximum atomic E-state index is 5.91. The van der Waals surface area contributed by atoms with Crippen molar-refractivity contribution in [2.24, 2.45) is 0 Å². The highest BCUT2D eigenvalue weighted by atomic mass is 35.5. The van der Waals surface area contributed by atoms with Gasteiger partial charge in [0.25, 0.3) is 0 Å². The Balaban J connectivity index is 1.88. The number of hydrogen-bond acceptors (Lipinski definition) is 3. The summed E-state index contributed by atoms with van der Waals surface area (Å²) in [7, 11) is 0. The molecule has 0 aromatic carbocycles. The Labute approximate surface area is 115 Å². The molecule has 0 aliphatic rings. The number of nitrogens with zero attached hydrogens (tertiary/aromatic N) is 1. The summed E-state index contributed by atoms with van der Waals surface area (Å²) in [5.74, 6) is 1.70. The molecule has 0 saturated heterocycles. The highest BCUT2D eigenvalue weighted by Gasteiger charge is 2.03. The second-order valence-corrected chi connectivity index (χ2v) is 4.43. The van der Waals surface area contributed by atoms with Gasteiger partial charge in [-0.3, -0.25) is 0 Å². The molecular weight excluding hydrogens is 270 g/mol. The lowest BCUT2D eigenvalue weighted by molar-refractivity contribution is 0.478. The largest absolute Gasteiger partial charge is 0.465 e. The third-order valence-corrected chi connectivity index (χ3v) is 2.77. The number of thiocarbonyl (C=S) groups is 1. The summed E-state index contributed by atoms with van der Waals surface area (Å²) in [6, 6.07) is 7.40. The lowest BCUT2D eigenvalue weighted by Gasteiger charge is -2.09. The number of halogens is 1. The van der Waals surface area contributed by atoms with Gasteiger partial charge in [0.15, 0.2) is 10.3 Å². The van der Waals surface area contributed by atoms with Crippen molar-refractivity contribution in [3.8, 4) is 0 Å². The number of nitrogens with one attached hydrogen (secondary N) is 2. The van der Waals surface area contributed by atoms with E-state index in [1.165, 1.54) is 0 Å². The van der Waals surface area contributed by atoms with Gasteiger partial charge in [-0.1, -0.05) is 11.6 Å². The van der Waals surface area contributed by atoms with Gasteiger partial charge in [0.1, 0.15) is 11.5 Å². The molecule has 4 nitrogen and oxygen atoms in total. The third-order valence-electron chi connectivity index (χ3n) is 2.23. The van der Waals surface area contributed by atoms with Crippen molar-refractivity contribution >= 4 is 34.6 Å². The maximum Gasteiger partial charge on any atom is 0.171 e. The minimum atomic E-state index is 0.385. The van der Waals surface area contributed by atoms with E-state index in [1.807, 2.05) is 19.1 Å². The molecular formula is C12H12ClN3OS. The fourth-order valence-corrected chi connectivity index (χ4v) is 1.74. The van der Waals surface area contributed by atoms with Crippen molar-refractivity contribution in [3.05, 3.63) is 47.1 Å². The lowest BCUT2D eigenvalue weighted by Crippen LogP contribution is -2.27. The second kappa shape index (κ2) is 5.84. The van der Waals surface area contributed by atoms with Crippen LogP contribution in [0.3, 0.4) is 0 Å². The Bertz CT molecular complexity index is 556. The van der Waals surface area contributed by atoms with Crippen molar-refractivity contribution in [2.45, 2.75) is 13.5 Å². The Morgan fingerprint density at radius 1 is 1.44 bits per heavy atom. The van der Waals surface area contributed by atoms with Gasteiger partial charge in [-0.15, -0.1) is 0 Å². The first-order valence-electron chi connectivity index (χ1n) is 5.36. The van der Waals surface area contributed by atoms with Crippen molar-refractivity contribution in [1.82, 2.24) is 10.3 Å². The first-order valence-corrected chi connectivity index (χ1v) is 6.14. The van der Waals surface area contributed by atoms with Crippen LogP contribution in [0.2, 0.25) is 5.15 Å². The molecule has 0 atom stereocenters. The number of pyridine rings is 1. The predicted octanol–water partition coefficient (Wildman–Crippen LogP) is 3.12. The maximum absolute atomic E-state index is 5.91. The Hall–Kier alpha value is -1.59. The van der Waals surface area contributed by atoms with E-state index < -0.39 is 0 Å². The van der Waals surface area contributed by atoms with Crippen LogP contribution in [0.5, 0.6) is 0 Å². The van der Waals surface area contributed by atoms with Crippen molar-refractivity contribution in [1.29, 1.82) is 0 Å². The second-order valence-electron chi connectivity index (χ2n) is 3.66. The van der Waals surface area contributed by atoms with E-state index in [0.717, 1.165) is 11.5 Å². The normalized spacial score (nSPS) is 10.1. The van der Waals surface area contributed by atoms with Gasteiger partial charge in [0, 0.05) is 6.20 Å². The topological polar surface area (TPSA) is 50.1 Å². The van der Waals surface area contributed by atoms with Crippen LogP contribution < -0.4 is 10.6 Å². The number of hydrogen-bond donors (Lipinski definition) is 2. The smallest absolute Gasteiger partial charge is 0.171 e. The lowest BCUT2D eigenvalue weighted by atomic mass is 10.4.